The number of hydrogen-bond donors (Lipinski definition) is 1. The van der Waals surface area contributed by atoms with E-state index in [1.807, 2.05) is 37.4 Å². The molecule has 2 rings (SSSR count). The van der Waals surface area contributed by atoms with Gasteiger partial charge >= 0.3 is 0 Å². The minimum absolute atomic E-state index is 0.0427. The van der Waals surface area contributed by atoms with E-state index in [9.17, 15) is 4.79 Å². The van der Waals surface area contributed by atoms with E-state index in [-0.39, 0.29) is 12.3 Å². The highest BCUT2D eigenvalue weighted by Gasteiger charge is 2.15. The van der Waals surface area contributed by atoms with Crippen LogP contribution in [0.25, 0.3) is 0 Å². The van der Waals surface area contributed by atoms with Crippen LogP contribution >= 0.6 is 11.3 Å². The van der Waals surface area contributed by atoms with Gasteiger partial charge in [-0.1, -0.05) is 6.07 Å². The molecule has 0 atom stereocenters. The summed E-state index contributed by atoms with van der Waals surface area (Å²) < 4.78 is 0. The number of hydrogen-bond acceptors (Lipinski definition) is 5. The molecule has 2 N–H and O–H groups in total. The summed E-state index contributed by atoms with van der Waals surface area (Å²) in [6, 6.07) is 5.83. The molecule has 0 fully saturated rings. The first-order chi connectivity index (χ1) is 9.58. The summed E-state index contributed by atoms with van der Waals surface area (Å²) in [6.45, 7) is 5.08. The first kappa shape index (κ1) is 14.5. The fraction of sp³-hybridized carbons (Fsp3) is 0.357. The molecule has 2 heterocycles. The van der Waals surface area contributed by atoms with Crippen LogP contribution in [0.2, 0.25) is 0 Å². The van der Waals surface area contributed by atoms with E-state index < -0.39 is 0 Å². The molecule has 0 saturated carbocycles. The Bertz CT molecular complexity index is 596. The van der Waals surface area contributed by atoms with Crippen molar-refractivity contribution in [2.45, 2.75) is 26.8 Å². The Kier molecular flexibility index (Phi) is 4.68. The van der Waals surface area contributed by atoms with Crippen LogP contribution in [0.3, 0.4) is 0 Å². The summed E-state index contributed by atoms with van der Waals surface area (Å²) in [6.07, 6.45) is 0.285. The van der Waals surface area contributed by atoms with E-state index in [0.29, 0.717) is 18.2 Å². The van der Waals surface area contributed by atoms with Gasteiger partial charge in [0.1, 0.15) is 0 Å². The van der Waals surface area contributed by atoms with Crippen molar-refractivity contribution >= 4 is 22.4 Å². The van der Waals surface area contributed by atoms with E-state index in [1.54, 1.807) is 4.90 Å². The minimum atomic E-state index is 0.0427. The number of amides is 1. The van der Waals surface area contributed by atoms with Crippen molar-refractivity contribution in [2.24, 2.45) is 0 Å². The van der Waals surface area contributed by atoms with Crippen molar-refractivity contribution in [3.63, 3.8) is 0 Å². The van der Waals surface area contributed by atoms with Crippen LogP contribution in [0.1, 0.15) is 24.0 Å². The lowest BCUT2D eigenvalue weighted by molar-refractivity contribution is -0.131. The maximum atomic E-state index is 12.3. The molecule has 0 radical (unpaired) electrons. The molecule has 2 aromatic rings. The lowest BCUT2D eigenvalue weighted by atomic mass is 10.2. The summed E-state index contributed by atoms with van der Waals surface area (Å²) in [7, 11) is 0. The van der Waals surface area contributed by atoms with E-state index in [1.165, 1.54) is 11.3 Å². The zero-order valence-electron chi connectivity index (χ0n) is 11.7. The number of carbonyl (C=O) groups excluding carboxylic acids is 1. The highest BCUT2D eigenvalue weighted by Crippen LogP contribution is 2.13. The molecule has 106 valence electrons. The molecule has 1 amide bonds. The number of nitrogens with zero attached hydrogens (tertiary/aromatic N) is 3. The molecule has 0 saturated heterocycles. The molecule has 5 nitrogen and oxygen atoms in total. The fourth-order valence-electron chi connectivity index (χ4n) is 1.93. The van der Waals surface area contributed by atoms with Crippen molar-refractivity contribution in [2.75, 3.05) is 12.3 Å². The van der Waals surface area contributed by atoms with Crippen LogP contribution in [-0.2, 0) is 17.8 Å². The summed E-state index contributed by atoms with van der Waals surface area (Å²) in [4.78, 5) is 22.6. The molecule has 0 bridgehead atoms. The Hall–Kier alpha value is -1.95. The lowest BCUT2D eigenvalue weighted by Crippen LogP contribution is -2.32. The molecular weight excluding hydrogens is 272 g/mol. The topological polar surface area (TPSA) is 72.1 Å². The van der Waals surface area contributed by atoms with Crippen LogP contribution in [0.5, 0.6) is 0 Å². The third-order valence-electron chi connectivity index (χ3n) is 2.94. The van der Waals surface area contributed by atoms with Crippen LogP contribution in [-0.4, -0.2) is 27.3 Å². The van der Waals surface area contributed by atoms with Gasteiger partial charge in [0, 0.05) is 17.6 Å². The monoisotopic (exact) mass is 290 g/mol. The highest BCUT2D eigenvalue weighted by atomic mass is 32.1. The summed E-state index contributed by atoms with van der Waals surface area (Å²) in [5.41, 5.74) is 8.16. The smallest absolute Gasteiger partial charge is 0.228 e. The van der Waals surface area contributed by atoms with Crippen molar-refractivity contribution in [1.29, 1.82) is 0 Å². The molecule has 0 aliphatic carbocycles. The van der Waals surface area contributed by atoms with Crippen LogP contribution in [0.4, 0.5) is 5.13 Å². The number of aryl methyl sites for hydroxylation is 1. The van der Waals surface area contributed by atoms with Gasteiger partial charge < -0.3 is 10.6 Å². The van der Waals surface area contributed by atoms with Gasteiger partial charge in [0.05, 0.1) is 24.4 Å². The molecule has 20 heavy (non-hydrogen) atoms. The summed E-state index contributed by atoms with van der Waals surface area (Å²) in [5, 5.41) is 2.32. The lowest BCUT2D eigenvalue weighted by Gasteiger charge is -2.20. The van der Waals surface area contributed by atoms with E-state index >= 15 is 0 Å². The molecule has 0 aromatic carbocycles. The first-order valence-corrected chi connectivity index (χ1v) is 7.36. The Labute approximate surface area is 122 Å². The van der Waals surface area contributed by atoms with Gasteiger partial charge in [0.25, 0.3) is 0 Å². The number of thiazole rings is 1. The predicted octanol–water partition coefficient (Wildman–Crippen LogP) is 2.02. The number of likely N-dealkylation sites (N-methyl/N-ethyl adjacent to an activating group) is 1. The molecule has 6 heteroatoms. The van der Waals surface area contributed by atoms with E-state index in [0.717, 1.165) is 17.1 Å². The van der Waals surface area contributed by atoms with Crippen LogP contribution < -0.4 is 5.73 Å². The van der Waals surface area contributed by atoms with Gasteiger partial charge in [-0.05, 0) is 26.0 Å². The third-order valence-corrected chi connectivity index (χ3v) is 3.66. The number of nitrogens with two attached hydrogens (primary N) is 1. The van der Waals surface area contributed by atoms with Crippen LogP contribution in [0.15, 0.2) is 23.6 Å². The number of nitrogen functional groups attached to an aromatic ring is 1. The van der Waals surface area contributed by atoms with Gasteiger partial charge in [0.15, 0.2) is 5.13 Å². The van der Waals surface area contributed by atoms with Gasteiger partial charge in [-0.15, -0.1) is 11.3 Å². The van der Waals surface area contributed by atoms with Gasteiger partial charge in [-0.2, -0.15) is 0 Å². The largest absolute Gasteiger partial charge is 0.375 e. The van der Waals surface area contributed by atoms with Gasteiger partial charge in [-0.25, -0.2) is 4.98 Å². The molecule has 0 unspecified atom stereocenters. The Morgan fingerprint density at radius 1 is 1.35 bits per heavy atom. The van der Waals surface area contributed by atoms with E-state index in [4.69, 9.17) is 5.73 Å². The third kappa shape index (κ3) is 3.77. The second kappa shape index (κ2) is 6.47. The number of carbonyl (C=O) groups is 1. The minimum Gasteiger partial charge on any atom is -0.375 e. The molecule has 2 aromatic heterocycles. The van der Waals surface area contributed by atoms with Crippen molar-refractivity contribution in [1.82, 2.24) is 14.9 Å². The maximum Gasteiger partial charge on any atom is 0.228 e. The van der Waals surface area contributed by atoms with Gasteiger partial charge in [-0.3, -0.25) is 9.78 Å². The fourth-order valence-corrected chi connectivity index (χ4v) is 2.49. The molecule has 0 aliphatic rings. The zero-order valence-corrected chi connectivity index (χ0v) is 12.5. The highest BCUT2D eigenvalue weighted by molar-refractivity contribution is 7.13. The number of aromatic nitrogens is 2. The quantitative estimate of drug-likeness (QED) is 0.914. The first-order valence-electron chi connectivity index (χ1n) is 6.48. The molecular formula is C14H18N4OS. The summed E-state index contributed by atoms with van der Waals surface area (Å²) >= 11 is 1.36. The zero-order chi connectivity index (χ0) is 14.5. The second-order valence-electron chi connectivity index (χ2n) is 4.53. The van der Waals surface area contributed by atoms with Crippen LogP contribution in [0, 0.1) is 6.92 Å². The standard InChI is InChI=1S/C14H18N4OS/c1-3-18(8-11-6-4-5-10(2)16-11)13(19)7-12-9-20-14(15)17-12/h4-6,9H,3,7-8H2,1-2H3,(H2,15,17). The average Bonchev–Trinajstić information content (AvgIpc) is 2.81. The molecule has 0 aliphatic heterocycles. The Balaban J connectivity index is 2.02. The Morgan fingerprint density at radius 3 is 2.75 bits per heavy atom. The second-order valence-corrected chi connectivity index (χ2v) is 5.42. The predicted molar refractivity (Wildman–Crippen MR) is 80.3 cm³/mol. The average molecular weight is 290 g/mol. The van der Waals surface area contributed by atoms with Crippen molar-refractivity contribution < 1.29 is 4.79 Å². The number of rotatable bonds is 5. The van der Waals surface area contributed by atoms with Crippen molar-refractivity contribution in [3.05, 3.63) is 40.7 Å². The SMILES string of the molecule is CCN(Cc1cccc(C)n1)C(=O)Cc1csc(N)n1. The normalized spacial score (nSPS) is 10.5. The Morgan fingerprint density at radius 2 is 2.15 bits per heavy atom. The summed E-state index contributed by atoms with van der Waals surface area (Å²) in [5.74, 6) is 0.0427. The van der Waals surface area contributed by atoms with Crippen molar-refractivity contribution in [3.8, 4) is 0 Å². The molecule has 0 spiro atoms. The number of pyridine rings is 1. The van der Waals surface area contributed by atoms with E-state index in [2.05, 4.69) is 9.97 Å². The maximum absolute atomic E-state index is 12.3. The van der Waals surface area contributed by atoms with Gasteiger partial charge in [0.2, 0.25) is 5.91 Å². The number of anilines is 1.